The van der Waals surface area contributed by atoms with Crippen LogP contribution in [0.15, 0.2) is 17.9 Å². The van der Waals surface area contributed by atoms with E-state index in [0.717, 1.165) is 59.6 Å². The number of rotatable bonds is 2. The summed E-state index contributed by atoms with van der Waals surface area (Å²) in [6.07, 6.45) is 4.18. The quantitative estimate of drug-likeness (QED) is 0.789. The van der Waals surface area contributed by atoms with Crippen LogP contribution < -0.4 is 5.32 Å². The van der Waals surface area contributed by atoms with E-state index in [2.05, 4.69) is 18.3 Å². The second-order valence-electron chi connectivity index (χ2n) is 6.82. The average molecular weight is 387 g/mol. The molecule has 1 saturated carbocycles. The molecule has 1 fully saturated rings. The first kappa shape index (κ1) is 18.7. The van der Waals surface area contributed by atoms with Crippen molar-refractivity contribution in [3.63, 3.8) is 0 Å². The fourth-order valence-electron chi connectivity index (χ4n) is 3.95. The largest absolute Gasteiger partial charge is 0.498 e. The average Bonchev–Trinajstić information content (AvgIpc) is 2.74. The molecule has 23 heavy (non-hydrogen) atoms. The Bertz CT molecular complexity index is 623. The first-order valence-electron chi connectivity index (χ1n) is 8.07. The smallest absolute Gasteiger partial charge is 0.254 e. The summed E-state index contributed by atoms with van der Waals surface area (Å²) in [5.74, 6) is 1.56. The van der Waals surface area contributed by atoms with Gasteiger partial charge in [0, 0.05) is 32.7 Å². The molecule has 0 atom stereocenters. The molecule has 1 aromatic rings. The minimum absolute atomic E-state index is 0. The first-order chi connectivity index (χ1) is 10.5. The van der Waals surface area contributed by atoms with Gasteiger partial charge < -0.3 is 10.1 Å². The topological polar surface area (TPSA) is 38.3 Å². The number of amides is 1. The zero-order valence-corrected chi connectivity index (χ0v) is 17.3. The number of hydrogen-bond acceptors (Lipinski definition) is 2. The minimum atomic E-state index is -0.299. The Morgan fingerprint density at radius 2 is 1.78 bits per heavy atom. The number of ether oxygens (including phenoxy) is 1. The van der Waals surface area contributed by atoms with Crippen molar-refractivity contribution in [2.24, 2.45) is 5.92 Å². The number of hydrogen-bond donors (Lipinski definition) is 1. The van der Waals surface area contributed by atoms with Crippen LogP contribution in [0, 0.1) is 25.8 Å². The molecule has 0 aromatic heterocycles. The summed E-state index contributed by atoms with van der Waals surface area (Å²) in [7, 11) is 1.69. The molecular weight excluding hydrogens is 363 g/mol. The van der Waals surface area contributed by atoms with Crippen LogP contribution in [0.5, 0.6) is 0 Å². The second kappa shape index (κ2) is 7.07. The maximum absolute atomic E-state index is 12.7. The van der Waals surface area contributed by atoms with Crippen molar-refractivity contribution < 1.29 is 42.2 Å². The van der Waals surface area contributed by atoms with Crippen molar-refractivity contribution in [2.45, 2.75) is 52.0 Å². The van der Waals surface area contributed by atoms with Gasteiger partial charge in [0.05, 0.1) is 18.2 Å². The Labute approximate surface area is 164 Å². The van der Waals surface area contributed by atoms with Gasteiger partial charge in [0.25, 0.3) is 5.91 Å². The Morgan fingerprint density at radius 1 is 1.22 bits per heavy atom. The first-order valence-corrected chi connectivity index (χ1v) is 8.07. The summed E-state index contributed by atoms with van der Waals surface area (Å²) in [6.45, 7) is 6.34. The summed E-state index contributed by atoms with van der Waals surface area (Å²) in [5, 5.41) is 3.25. The van der Waals surface area contributed by atoms with Crippen LogP contribution >= 0.6 is 0 Å². The van der Waals surface area contributed by atoms with E-state index in [1.165, 1.54) is 0 Å². The zero-order chi connectivity index (χ0) is 15.9. The molecule has 1 amide bonds. The Hall–Kier alpha value is -0.666. The molecule has 3 rings (SSSR count). The van der Waals surface area contributed by atoms with Crippen molar-refractivity contribution in [3.8, 4) is 0 Å². The molecule has 0 bridgehead atoms. The third-order valence-electron chi connectivity index (χ3n) is 5.21. The van der Waals surface area contributed by atoms with Gasteiger partial charge in [-0.1, -0.05) is 20.8 Å². The fraction of sp³-hybridized carbons (Fsp3) is 0.526. The third kappa shape index (κ3) is 3.15. The summed E-state index contributed by atoms with van der Waals surface area (Å²) in [5.41, 5.74) is 3.57. The van der Waals surface area contributed by atoms with Crippen molar-refractivity contribution in [1.82, 2.24) is 5.32 Å². The van der Waals surface area contributed by atoms with Gasteiger partial charge in [-0.25, -0.2) is 0 Å². The van der Waals surface area contributed by atoms with Gasteiger partial charge >= 0.3 is 0 Å². The molecule has 3 nitrogen and oxygen atoms in total. The van der Waals surface area contributed by atoms with E-state index in [9.17, 15) is 4.79 Å². The maximum Gasteiger partial charge on any atom is 0.254 e. The van der Waals surface area contributed by atoms with E-state index in [0.29, 0.717) is 0 Å². The molecule has 1 spiro atoms. The molecule has 1 N–H and O–H groups in total. The Balaban J connectivity index is 0.00000192. The van der Waals surface area contributed by atoms with Crippen LogP contribution in [0.3, 0.4) is 0 Å². The summed E-state index contributed by atoms with van der Waals surface area (Å²) >= 11 is 0. The van der Waals surface area contributed by atoms with Gasteiger partial charge in [-0.05, 0) is 31.6 Å². The minimum Gasteiger partial charge on any atom is -0.498 e. The van der Waals surface area contributed by atoms with Gasteiger partial charge in [-0.3, -0.25) is 4.79 Å². The van der Waals surface area contributed by atoms with E-state index < -0.39 is 0 Å². The van der Waals surface area contributed by atoms with E-state index >= 15 is 0 Å². The Morgan fingerprint density at radius 3 is 2.30 bits per heavy atom. The van der Waals surface area contributed by atoms with E-state index in [-0.39, 0.29) is 44.2 Å². The maximum atomic E-state index is 12.7. The standard InChI is InChI=1S/C19H24NO2.Y/c1-12-8-10-19(11-9-12)17(22-4)16(18(21)20-19)15-13(2)6-5-7-14(15)3;/h6-7,12H,8-11H2,1-4H3,(H,20,21);/q-1;. The number of carbonyl (C=O) groups excluding carboxylic acids is 1. The monoisotopic (exact) mass is 387 g/mol. The van der Waals surface area contributed by atoms with E-state index in [4.69, 9.17) is 4.74 Å². The number of aryl methyl sites for hydroxylation is 2. The molecule has 0 saturated heterocycles. The second-order valence-corrected chi connectivity index (χ2v) is 6.82. The van der Waals surface area contributed by atoms with Crippen molar-refractivity contribution in [2.75, 3.05) is 7.11 Å². The number of carbonyl (C=O) groups is 1. The number of benzene rings is 1. The van der Waals surface area contributed by atoms with Crippen LogP contribution in [0.1, 0.15) is 49.3 Å². The van der Waals surface area contributed by atoms with Crippen LogP contribution in [0.25, 0.3) is 5.57 Å². The molecule has 0 unspecified atom stereocenters. The van der Waals surface area contributed by atoms with Crippen LogP contribution in [-0.2, 0) is 42.2 Å². The molecule has 4 heteroatoms. The molecular formula is C19H24NO2Y-. The van der Waals surface area contributed by atoms with Gasteiger partial charge in [-0.15, -0.1) is 5.56 Å². The van der Waals surface area contributed by atoms with E-state index in [1.54, 1.807) is 7.11 Å². The van der Waals surface area contributed by atoms with Crippen molar-refractivity contribution in [1.29, 1.82) is 0 Å². The number of nitrogens with one attached hydrogen (secondary N) is 1. The summed E-state index contributed by atoms with van der Waals surface area (Å²) in [4.78, 5) is 12.7. The predicted octanol–water partition coefficient (Wildman–Crippen LogP) is 3.54. The molecule has 1 aliphatic heterocycles. The fourth-order valence-corrected chi connectivity index (χ4v) is 3.95. The molecule has 2 aliphatic rings. The van der Waals surface area contributed by atoms with Crippen molar-refractivity contribution in [3.05, 3.63) is 40.6 Å². The molecule has 1 heterocycles. The van der Waals surface area contributed by atoms with Gasteiger partial charge in [0.1, 0.15) is 5.76 Å². The molecule has 121 valence electrons. The summed E-state index contributed by atoms with van der Waals surface area (Å²) < 4.78 is 5.77. The Kier molecular flexibility index (Phi) is 5.73. The predicted molar refractivity (Wildman–Crippen MR) is 87.2 cm³/mol. The van der Waals surface area contributed by atoms with Crippen molar-refractivity contribution >= 4 is 11.5 Å². The van der Waals surface area contributed by atoms with Crippen LogP contribution in [0.2, 0.25) is 0 Å². The van der Waals surface area contributed by atoms with Gasteiger partial charge in [-0.2, -0.15) is 29.3 Å². The van der Waals surface area contributed by atoms with Crippen LogP contribution in [0.4, 0.5) is 0 Å². The molecule has 1 aliphatic carbocycles. The SMILES string of the molecule is COC1=C(c2c(C)c[c-]cc2C)C(=O)NC12CCC(C)CC2.[Y]. The van der Waals surface area contributed by atoms with Gasteiger partial charge in [0.15, 0.2) is 0 Å². The van der Waals surface area contributed by atoms with Crippen LogP contribution in [-0.4, -0.2) is 18.6 Å². The zero-order valence-electron chi connectivity index (χ0n) is 14.5. The van der Waals surface area contributed by atoms with E-state index in [1.807, 2.05) is 26.0 Å². The molecule has 1 radical (unpaired) electrons. The number of methoxy groups -OCH3 is 1. The normalized spacial score (nSPS) is 27.0. The molecule has 1 aromatic carbocycles. The summed E-state index contributed by atoms with van der Waals surface area (Å²) in [6, 6.07) is 6.99. The van der Waals surface area contributed by atoms with Gasteiger partial charge in [0.2, 0.25) is 0 Å². The third-order valence-corrected chi connectivity index (χ3v) is 5.21.